The molecule has 0 saturated heterocycles. The van der Waals surface area contributed by atoms with Gasteiger partial charge in [-0.25, -0.2) is 4.79 Å². The van der Waals surface area contributed by atoms with E-state index in [1.165, 1.54) is 25.5 Å². The fraction of sp³-hybridized carbons (Fsp3) is 0.263. The molecule has 0 aliphatic rings. The average molecular weight is 353 g/mol. The van der Waals surface area contributed by atoms with Gasteiger partial charge in [0.05, 0.1) is 6.54 Å². The Hall–Kier alpha value is -3.22. The van der Waals surface area contributed by atoms with Crippen molar-refractivity contribution in [1.29, 1.82) is 0 Å². The van der Waals surface area contributed by atoms with Crippen molar-refractivity contribution in [2.24, 2.45) is 14.1 Å². The molecule has 134 valence electrons. The molecule has 0 amide bonds. The van der Waals surface area contributed by atoms with Gasteiger partial charge in [-0.05, 0) is 19.9 Å². The van der Waals surface area contributed by atoms with Gasteiger partial charge in [-0.1, -0.05) is 18.2 Å². The lowest BCUT2D eigenvalue weighted by Crippen LogP contribution is -2.44. The van der Waals surface area contributed by atoms with E-state index in [0.717, 1.165) is 15.5 Å². The number of aromatic nitrogens is 3. The van der Waals surface area contributed by atoms with E-state index >= 15 is 0 Å². The van der Waals surface area contributed by atoms with Crippen molar-refractivity contribution in [2.75, 3.05) is 0 Å². The molecule has 0 radical (unpaired) electrons. The molecule has 0 spiro atoms. The zero-order valence-electron chi connectivity index (χ0n) is 15.1. The van der Waals surface area contributed by atoms with Crippen LogP contribution in [0.5, 0.6) is 0 Å². The predicted molar refractivity (Wildman–Crippen MR) is 97.9 cm³/mol. The number of carbonyl (C=O) groups excluding carboxylic acids is 2. The van der Waals surface area contributed by atoms with Crippen molar-refractivity contribution in [1.82, 2.24) is 13.7 Å². The standard InChI is InChI=1S/C19H19N3O4/c1-11-17(12(2)23)18(25)22(19(26)21(11)4)10-16(24)14-9-20(3)15-8-6-5-7-13(14)15/h5-9H,10H2,1-4H3. The Bertz CT molecular complexity index is 1180. The highest BCUT2D eigenvalue weighted by Crippen LogP contribution is 2.20. The van der Waals surface area contributed by atoms with Crippen LogP contribution in [0.3, 0.4) is 0 Å². The molecule has 0 fully saturated rings. The number of Topliss-reactive ketones (excluding diaryl/α,β-unsaturated/α-hetero) is 2. The summed E-state index contributed by atoms with van der Waals surface area (Å²) in [7, 11) is 3.30. The molecule has 2 heterocycles. The summed E-state index contributed by atoms with van der Waals surface area (Å²) in [5.41, 5.74) is 0.184. The van der Waals surface area contributed by atoms with Gasteiger partial charge in [0, 0.05) is 42.5 Å². The molecule has 1 aromatic carbocycles. The molecule has 7 heteroatoms. The Labute approximate surface area is 149 Å². The Morgan fingerprint density at radius 3 is 2.38 bits per heavy atom. The van der Waals surface area contributed by atoms with Crippen LogP contribution in [0.1, 0.15) is 33.3 Å². The Morgan fingerprint density at radius 2 is 1.73 bits per heavy atom. The molecule has 3 rings (SSSR count). The van der Waals surface area contributed by atoms with Gasteiger partial charge in [-0.2, -0.15) is 0 Å². The molecule has 0 aliphatic heterocycles. The summed E-state index contributed by atoms with van der Waals surface area (Å²) >= 11 is 0. The normalized spacial score (nSPS) is 11.1. The van der Waals surface area contributed by atoms with Crippen LogP contribution in [0.15, 0.2) is 40.1 Å². The summed E-state index contributed by atoms with van der Waals surface area (Å²) in [5.74, 6) is -0.797. The van der Waals surface area contributed by atoms with Crippen molar-refractivity contribution < 1.29 is 9.59 Å². The van der Waals surface area contributed by atoms with Crippen molar-refractivity contribution in [3.8, 4) is 0 Å². The maximum Gasteiger partial charge on any atom is 0.331 e. The van der Waals surface area contributed by atoms with E-state index in [4.69, 9.17) is 0 Å². The molecular weight excluding hydrogens is 334 g/mol. The Balaban J connectivity index is 2.15. The monoisotopic (exact) mass is 353 g/mol. The first kappa shape index (κ1) is 17.6. The van der Waals surface area contributed by atoms with Crippen LogP contribution in [0.4, 0.5) is 0 Å². The van der Waals surface area contributed by atoms with Gasteiger partial charge in [0.1, 0.15) is 5.56 Å². The van der Waals surface area contributed by atoms with E-state index in [1.54, 1.807) is 6.20 Å². The fourth-order valence-electron chi connectivity index (χ4n) is 3.21. The quantitative estimate of drug-likeness (QED) is 0.665. The van der Waals surface area contributed by atoms with E-state index < -0.39 is 23.6 Å². The number of hydrogen-bond donors (Lipinski definition) is 0. The lowest BCUT2D eigenvalue weighted by Gasteiger charge is -2.12. The maximum atomic E-state index is 12.8. The number of ketones is 2. The molecule has 7 nitrogen and oxygen atoms in total. The third-order valence-electron chi connectivity index (χ3n) is 4.69. The summed E-state index contributed by atoms with van der Waals surface area (Å²) in [6.07, 6.45) is 1.68. The van der Waals surface area contributed by atoms with E-state index in [9.17, 15) is 19.2 Å². The average Bonchev–Trinajstić information content (AvgIpc) is 2.94. The largest absolute Gasteiger partial charge is 0.350 e. The van der Waals surface area contributed by atoms with Gasteiger partial charge in [0.25, 0.3) is 5.56 Å². The number of nitrogens with zero attached hydrogens (tertiary/aromatic N) is 3. The van der Waals surface area contributed by atoms with E-state index in [0.29, 0.717) is 11.3 Å². The van der Waals surface area contributed by atoms with E-state index in [-0.39, 0.29) is 11.3 Å². The molecule has 0 unspecified atom stereocenters. The topological polar surface area (TPSA) is 83.1 Å². The molecule has 2 aromatic heterocycles. The fourth-order valence-corrected chi connectivity index (χ4v) is 3.21. The van der Waals surface area contributed by atoms with Crippen LogP contribution in [0, 0.1) is 6.92 Å². The number of carbonyl (C=O) groups is 2. The zero-order chi connectivity index (χ0) is 19.2. The summed E-state index contributed by atoms with van der Waals surface area (Å²) in [6, 6.07) is 7.40. The van der Waals surface area contributed by atoms with Crippen molar-refractivity contribution in [3.05, 3.63) is 68.1 Å². The lowest BCUT2D eigenvalue weighted by molar-refractivity contribution is 0.0963. The molecule has 0 aliphatic carbocycles. The molecule has 0 N–H and O–H groups in total. The predicted octanol–water partition coefficient (Wildman–Crippen LogP) is 1.43. The third-order valence-corrected chi connectivity index (χ3v) is 4.69. The second-order valence-corrected chi connectivity index (χ2v) is 6.34. The maximum absolute atomic E-state index is 12.8. The van der Waals surface area contributed by atoms with Gasteiger partial charge in [-0.3, -0.25) is 19.0 Å². The van der Waals surface area contributed by atoms with Crippen molar-refractivity contribution in [2.45, 2.75) is 20.4 Å². The van der Waals surface area contributed by atoms with Crippen molar-refractivity contribution >= 4 is 22.5 Å². The zero-order valence-corrected chi connectivity index (χ0v) is 15.1. The minimum Gasteiger partial charge on any atom is -0.350 e. The van der Waals surface area contributed by atoms with Crippen LogP contribution in [0.25, 0.3) is 10.9 Å². The molecule has 0 bridgehead atoms. The van der Waals surface area contributed by atoms with Crippen LogP contribution >= 0.6 is 0 Å². The summed E-state index contributed by atoms with van der Waals surface area (Å²) < 4.78 is 3.86. The SMILES string of the molecule is CC(=O)c1c(C)n(C)c(=O)n(CC(=O)c2cn(C)c3ccccc23)c1=O. The van der Waals surface area contributed by atoms with Gasteiger partial charge in [0.2, 0.25) is 0 Å². The lowest BCUT2D eigenvalue weighted by atomic mass is 10.1. The number of hydrogen-bond acceptors (Lipinski definition) is 4. The third kappa shape index (κ3) is 2.61. The number of para-hydroxylation sites is 1. The highest BCUT2D eigenvalue weighted by atomic mass is 16.2. The minimum absolute atomic E-state index is 0.0715. The minimum atomic E-state index is -0.730. The second-order valence-electron chi connectivity index (χ2n) is 6.34. The first-order valence-corrected chi connectivity index (χ1v) is 8.12. The Kier molecular flexibility index (Phi) is 4.23. The van der Waals surface area contributed by atoms with Gasteiger partial charge in [0.15, 0.2) is 11.6 Å². The van der Waals surface area contributed by atoms with Crippen LogP contribution < -0.4 is 11.2 Å². The number of aryl methyl sites for hydroxylation is 1. The smallest absolute Gasteiger partial charge is 0.331 e. The highest BCUT2D eigenvalue weighted by molar-refractivity contribution is 6.08. The van der Waals surface area contributed by atoms with Crippen molar-refractivity contribution in [3.63, 3.8) is 0 Å². The Morgan fingerprint density at radius 1 is 1.08 bits per heavy atom. The number of benzene rings is 1. The van der Waals surface area contributed by atoms with Crippen LogP contribution in [-0.2, 0) is 20.6 Å². The summed E-state index contributed by atoms with van der Waals surface area (Å²) in [6.45, 7) is 2.39. The summed E-state index contributed by atoms with van der Waals surface area (Å²) in [5, 5.41) is 0.753. The van der Waals surface area contributed by atoms with Gasteiger partial charge in [-0.15, -0.1) is 0 Å². The van der Waals surface area contributed by atoms with E-state index in [2.05, 4.69) is 0 Å². The first-order valence-electron chi connectivity index (χ1n) is 8.12. The van der Waals surface area contributed by atoms with Gasteiger partial charge >= 0.3 is 5.69 Å². The first-order chi connectivity index (χ1) is 12.2. The molecule has 3 aromatic rings. The molecule has 0 saturated carbocycles. The molecule has 26 heavy (non-hydrogen) atoms. The second kappa shape index (κ2) is 6.25. The highest BCUT2D eigenvalue weighted by Gasteiger charge is 2.21. The van der Waals surface area contributed by atoms with Crippen LogP contribution in [0.2, 0.25) is 0 Å². The number of rotatable bonds is 4. The molecular formula is C19H19N3O4. The molecule has 0 atom stereocenters. The summed E-state index contributed by atoms with van der Waals surface area (Å²) in [4.78, 5) is 49.7. The van der Waals surface area contributed by atoms with Gasteiger partial charge < -0.3 is 9.13 Å². The van der Waals surface area contributed by atoms with Crippen LogP contribution in [-0.4, -0.2) is 25.3 Å². The van der Waals surface area contributed by atoms with E-state index in [1.807, 2.05) is 35.9 Å². The number of fused-ring (bicyclic) bond motifs is 1.